The number of hydrogen-bond acceptors (Lipinski definition) is 6. The molecule has 5 nitrogen and oxygen atoms in total. The number of halogens is 1. The number of aryl methyl sites for hydroxylation is 1. The fourth-order valence-corrected chi connectivity index (χ4v) is 4.71. The van der Waals surface area contributed by atoms with E-state index in [2.05, 4.69) is 15.3 Å². The number of rotatable bonds is 8. The van der Waals surface area contributed by atoms with Gasteiger partial charge in [-0.2, -0.15) is 0 Å². The van der Waals surface area contributed by atoms with Crippen molar-refractivity contribution in [1.29, 1.82) is 0 Å². The number of benzene rings is 3. The Hall–Kier alpha value is -3.36. The summed E-state index contributed by atoms with van der Waals surface area (Å²) in [4.78, 5) is 23.8. The van der Waals surface area contributed by atoms with Crippen LogP contribution in [0.4, 0.5) is 10.1 Å². The summed E-state index contributed by atoms with van der Waals surface area (Å²) in [5.74, 6) is 0.347. The van der Waals surface area contributed by atoms with Crippen LogP contribution in [0.15, 0.2) is 93.9 Å². The van der Waals surface area contributed by atoms with Crippen molar-refractivity contribution < 1.29 is 13.9 Å². The molecule has 1 amide bonds. The van der Waals surface area contributed by atoms with Crippen molar-refractivity contribution in [2.24, 2.45) is 0 Å². The summed E-state index contributed by atoms with van der Waals surface area (Å²) in [6, 6.07) is 21.7. The molecule has 4 aromatic rings. The van der Waals surface area contributed by atoms with Gasteiger partial charge in [-0.3, -0.25) is 4.79 Å². The summed E-state index contributed by atoms with van der Waals surface area (Å²) in [5, 5.41) is 3.28. The Labute approximate surface area is 206 Å². The summed E-state index contributed by atoms with van der Waals surface area (Å²) in [6.07, 6.45) is 1.64. The highest BCUT2D eigenvalue weighted by Crippen LogP contribution is 2.32. The molecular formula is C26H22FN3O2S2. The smallest absolute Gasteiger partial charge is 0.275 e. The van der Waals surface area contributed by atoms with Crippen molar-refractivity contribution >= 4 is 35.1 Å². The Morgan fingerprint density at radius 3 is 2.62 bits per heavy atom. The van der Waals surface area contributed by atoms with E-state index >= 15 is 0 Å². The third kappa shape index (κ3) is 6.15. The van der Waals surface area contributed by atoms with Crippen LogP contribution in [0.3, 0.4) is 0 Å². The van der Waals surface area contributed by atoms with Gasteiger partial charge in [0.2, 0.25) is 0 Å². The zero-order valence-corrected chi connectivity index (χ0v) is 20.3. The zero-order chi connectivity index (χ0) is 23.9. The number of carbonyl (C=O) groups excluding carboxylic acids is 1. The minimum Gasteiger partial charge on any atom is -0.497 e. The van der Waals surface area contributed by atoms with Crippen molar-refractivity contribution in [3.05, 3.63) is 102 Å². The molecule has 172 valence electrons. The summed E-state index contributed by atoms with van der Waals surface area (Å²) in [5.41, 5.74) is 2.54. The molecule has 3 aromatic carbocycles. The Morgan fingerprint density at radius 1 is 1.06 bits per heavy atom. The van der Waals surface area contributed by atoms with Gasteiger partial charge in [-0.05, 0) is 42.8 Å². The summed E-state index contributed by atoms with van der Waals surface area (Å²) in [7, 11) is 1.57. The van der Waals surface area contributed by atoms with Crippen molar-refractivity contribution in [2.75, 3.05) is 12.4 Å². The van der Waals surface area contributed by atoms with Crippen molar-refractivity contribution in [2.45, 2.75) is 27.6 Å². The van der Waals surface area contributed by atoms with Crippen molar-refractivity contribution in [3.8, 4) is 5.75 Å². The maximum Gasteiger partial charge on any atom is 0.275 e. The summed E-state index contributed by atoms with van der Waals surface area (Å²) < 4.78 is 19.2. The second kappa shape index (κ2) is 11.2. The van der Waals surface area contributed by atoms with Gasteiger partial charge < -0.3 is 10.1 Å². The first-order chi connectivity index (χ1) is 16.5. The molecular weight excluding hydrogens is 469 g/mol. The highest BCUT2D eigenvalue weighted by atomic mass is 32.2. The molecule has 4 rings (SSSR count). The van der Waals surface area contributed by atoms with Crippen LogP contribution in [0.5, 0.6) is 5.75 Å². The lowest BCUT2D eigenvalue weighted by Crippen LogP contribution is -2.16. The normalized spacial score (nSPS) is 10.7. The monoisotopic (exact) mass is 491 g/mol. The number of thioether (sulfide) groups is 1. The van der Waals surface area contributed by atoms with Crippen LogP contribution in [-0.2, 0) is 5.75 Å². The van der Waals surface area contributed by atoms with Gasteiger partial charge in [-0.1, -0.05) is 65.5 Å². The minimum absolute atomic E-state index is 0.249. The van der Waals surface area contributed by atoms with Crippen LogP contribution in [0, 0.1) is 12.7 Å². The second-order valence-corrected chi connectivity index (χ2v) is 9.40. The van der Waals surface area contributed by atoms with Crippen LogP contribution in [0.25, 0.3) is 0 Å². The van der Waals surface area contributed by atoms with E-state index in [-0.39, 0.29) is 17.4 Å². The number of anilines is 1. The quantitative estimate of drug-likeness (QED) is 0.220. The zero-order valence-electron chi connectivity index (χ0n) is 18.6. The van der Waals surface area contributed by atoms with Gasteiger partial charge in [-0.25, -0.2) is 14.4 Å². The van der Waals surface area contributed by atoms with Crippen LogP contribution >= 0.6 is 23.5 Å². The van der Waals surface area contributed by atoms with Gasteiger partial charge in [0.1, 0.15) is 17.3 Å². The molecule has 0 saturated heterocycles. The molecule has 1 heterocycles. The van der Waals surface area contributed by atoms with Gasteiger partial charge in [0, 0.05) is 28.6 Å². The minimum atomic E-state index is -0.363. The molecule has 0 aliphatic carbocycles. The Bertz CT molecular complexity index is 1300. The number of nitrogens with one attached hydrogen (secondary N) is 1. The third-order valence-electron chi connectivity index (χ3n) is 4.84. The maximum absolute atomic E-state index is 14.0. The van der Waals surface area contributed by atoms with E-state index in [4.69, 9.17) is 4.74 Å². The number of carbonyl (C=O) groups is 1. The van der Waals surface area contributed by atoms with Gasteiger partial charge in [0.15, 0.2) is 5.16 Å². The van der Waals surface area contributed by atoms with Gasteiger partial charge in [-0.15, -0.1) is 0 Å². The maximum atomic E-state index is 14.0. The Kier molecular flexibility index (Phi) is 7.82. The fraction of sp³-hybridized carbons (Fsp3) is 0.115. The molecule has 0 aliphatic heterocycles. The predicted octanol–water partition coefficient (Wildman–Crippen LogP) is 6.63. The van der Waals surface area contributed by atoms with Crippen molar-refractivity contribution in [3.63, 3.8) is 0 Å². The van der Waals surface area contributed by atoms with Crippen LogP contribution in [0.2, 0.25) is 0 Å². The molecule has 1 aromatic heterocycles. The fourth-order valence-electron chi connectivity index (χ4n) is 3.04. The van der Waals surface area contributed by atoms with Gasteiger partial charge in [0.25, 0.3) is 5.91 Å². The van der Waals surface area contributed by atoms with E-state index in [1.807, 2.05) is 31.2 Å². The molecule has 0 atom stereocenters. The standard InChI is InChI=1S/C26H22FN3O2S2/c1-17-10-12-21(13-11-17)34-23-15-28-26(33-16-18-6-3-4-9-22(18)27)30-24(23)25(31)29-19-7-5-8-20(14-19)32-2/h3-15H,16H2,1-2H3,(H,29,31). The van der Waals surface area contributed by atoms with E-state index < -0.39 is 0 Å². The molecule has 0 radical (unpaired) electrons. The number of aromatic nitrogens is 2. The number of amides is 1. The molecule has 1 N–H and O–H groups in total. The predicted molar refractivity (Wildman–Crippen MR) is 134 cm³/mol. The van der Waals surface area contributed by atoms with Crippen LogP contribution in [-0.4, -0.2) is 23.0 Å². The van der Waals surface area contributed by atoms with Crippen molar-refractivity contribution in [1.82, 2.24) is 9.97 Å². The first-order valence-corrected chi connectivity index (χ1v) is 12.2. The highest BCUT2D eigenvalue weighted by molar-refractivity contribution is 7.99. The average molecular weight is 492 g/mol. The molecule has 8 heteroatoms. The van der Waals surface area contributed by atoms with Crippen LogP contribution in [0.1, 0.15) is 21.6 Å². The second-order valence-electron chi connectivity index (χ2n) is 7.35. The molecule has 0 fully saturated rings. The largest absolute Gasteiger partial charge is 0.497 e. The SMILES string of the molecule is COc1cccc(NC(=O)c2nc(SCc3ccccc3F)ncc2Sc2ccc(C)cc2)c1. The lowest BCUT2D eigenvalue weighted by Gasteiger charge is -2.11. The van der Waals surface area contributed by atoms with Gasteiger partial charge in [0.05, 0.1) is 12.0 Å². The topological polar surface area (TPSA) is 64.1 Å². The molecule has 34 heavy (non-hydrogen) atoms. The Morgan fingerprint density at radius 2 is 1.85 bits per heavy atom. The highest BCUT2D eigenvalue weighted by Gasteiger charge is 2.18. The molecule has 0 bridgehead atoms. The number of ether oxygens (including phenoxy) is 1. The van der Waals surface area contributed by atoms with Gasteiger partial charge >= 0.3 is 0 Å². The average Bonchev–Trinajstić information content (AvgIpc) is 2.85. The number of methoxy groups -OCH3 is 1. The van der Waals surface area contributed by atoms with Crippen LogP contribution < -0.4 is 10.1 Å². The lowest BCUT2D eigenvalue weighted by molar-refractivity contribution is 0.101. The van der Waals surface area contributed by atoms with E-state index in [0.717, 1.165) is 10.5 Å². The molecule has 0 unspecified atom stereocenters. The first kappa shape index (κ1) is 23.8. The van der Waals surface area contributed by atoms with E-state index in [9.17, 15) is 9.18 Å². The molecule has 0 spiro atoms. The molecule has 0 aliphatic rings. The summed E-state index contributed by atoms with van der Waals surface area (Å²) >= 11 is 2.69. The van der Waals surface area contributed by atoms with E-state index in [0.29, 0.717) is 32.8 Å². The number of nitrogens with zero attached hydrogens (tertiary/aromatic N) is 2. The van der Waals surface area contributed by atoms with E-state index in [1.54, 1.807) is 55.8 Å². The molecule has 0 saturated carbocycles. The third-order valence-corrected chi connectivity index (χ3v) is 6.78. The lowest BCUT2D eigenvalue weighted by atomic mass is 10.2. The van der Waals surface area contributed by atoms with E-state index in [1.165, 1.54) is 29.6 Å². The number of hydrogen-bond donors (Lipinski definition) is 1. The first-order valence-electron chi connectivity index (χ1n) is 10.4. The summed E-state index contributed by atoms with van der Waals surface area (Å²) in [6.45, 7) is 2.02. The Balaban J connectivity index is 1.61.